The zero-order valence-corrected chi connectivity index (χ0v) is 15.9. The van der Waals surface area contributed by atoms with Crippen LogP contribution in [-0.4, -0.2) is 27.2 Å². The van der Waals surface area contributed by atoms with Crippen LogP contribution >= 0.6 is 11.6 Å². The zero-order chi connectivity index (χ0) is 18.9. The minimum absolute atomic E-state index is 0.181. The summed E-state index contributed by atoms with van der Waals surface area (Å²) in [7, 11) is -3.24. The van der Waals surface area contributed by atoms with Crippen LogP contribution in [0.25, 0.3) is 6.08 Å². The lowest BCUT2D eigenvalue weighted by Gasteiger charge is -2.20. The highest BCUT2D eigenvalue weighted by atomic mass is 35.5. The first-order chi connectivity index (χ1) is 12.2. The van der Waals surface area contributed by atoms with Crippen LogP contribution in [0.15, 0.2) is 52.9 Å². The molecule has 0 aromatic heterocycles. The smallest absolute Gasteiger partial charge is 0.251 e. The maximum Gasteiger partial charge on any atom is 0.251 e. The summed E-state index contributed by atoms with van der Waals surface area (Å²) in [6.07, 6.45) is 2.92. The number of halogens is 1. The second-order valence-corrected chi connectivity index (χ2v) is 8.63. The van der Waals surface area contributed by atoms with Crippen molar-refractivity contribution in [3.63, 3.8) is 0 Å². The summed E-state index contributed by atoms with van der Waals surface area (Å²) in [5.41, 5.74) is 2.07. The molecule has 2 aromatic rings. The molecule has 0 bridgehead atoms. The zero-order valence-electron chi connectivity index (χ0n) is 14.3. The Bertz CT molecular complexity index is 981. The van der Waals surface area contributed by atoms with Gasteiger partial charge >= 0.3 is 0 Å². The number of hydrogen-bond donors (Lipinski definition) is 1. The predicted octanol–water partition coefficient (Wildman–Crippen LogP) is 3.40. The van der Waals surface area contributed by atoms with Crippen LogP contribution in [-0.2, 0) is 14.6 Å². The minimum atomic E-state index is -3.24. The average Bonchev–Trinajstić information content (AvgIpc) is 2.60. The van der Waals surface area contributed by atoms with Crippen molar-refractivity contribution in [2.45, 2.75) is 17.9 Å². The molecule has 2 aromatic carbocycles. The van der Waals surface area contributed by atoms with Gasteiger partial charge in [0.1, 0.15) is 12.4 Å². The highest BCUT2D eigenvalue weighted by Crippen LogP contribution is 2.29. The van der Waals surface area contributed by atoms with E-state index < -0.39 is 9.84 Å². The molecule has 0 spiro atoms. The molecule has 0 aliphatic carbocycles. The summed E-state index contributed by atoms with van der Waals surface area (Å²) in [4.78, 5) is 12.8. The molecule has 0 radical (unpaired) electrons. The van der Waals surface area contributed by atoms with Gasteiger partial charge in [-0.15, -0.1) is 0 Å². The molecule has 0 saturated heterocycles. The molecular formula is C19H18ClNO4S. The van der Waals surface area contributed by atoms with Crippen LogP contribution in [0.3, 0.4) is 0 Å². The molecule has 1 N–H and O–H groups in total. The minimum Gasteiger partial charge on any atom is -0.488 e. The molecule has 5 nitrogen and oxygen atoms in total. The fourth-order valence-electron chi connectivity index (χ4n) is 2.66. The third-order valence-corrected chi connectivity index (χ3v) is 5.50. The third kappa shape index (κ3) is 4.08. The Balaban J connectivity index is 1.73. The van der Waals surface area contributed by atoms with Crippen molar-refractivity contribution in [2.24, 2.45) is 0 Å². The summed E-state index contributed by atoms with van der Waals surface area (Å²) >= 11 is 5.98. The number of carbonyl (C=O) groups excluding carboxylic acids is 1. The first-order valence-electron chi connectivity index (χ1n) is 7.98. The lowest BCUT2D eigenvalue weighted by Crippen LogP contribution is -2.30. The summed E-state index contributed by atoms with van der Waals surface area (Å²) in [5.74, 6) is 0.450. The van der Waals surface area contributed by atoms with Gasteiger partial charge < -0.3 is 10.1 Å². The Morgan fingerprint density at radius 1 is 1.19 bits per heavy atom. The van der Waals surface area contributed by atoms with E-state index in [4.69, 9.17) is 16.3 Å². The number of hydrogen-bond acceptors (Lipinski definition) is 4. The summed E-state index contributed by atoms with van der Waals surface area (Å²) < 4.78 is 28.6. The topological polar surface area (TPSA) is 72.5 Å². The molecular weight excluding hydrogens is 374 g/mol. The van der Waals surface area contributed by atoms with Gasteiger partial charge in [0.25, 0.3) is 5.91 Å². The lowest BCUT2D eigenvalue weighted by molar-refractivity contribution is -0.118. The summed E-state index contributed by atoms with van der Waals surface area (Å²) in [6.45, 7) is 2.02. The standard InChI is InChI=1S/C19H18ClNO4S/c1-12(13-3-6-17(7-4-13)26(2,23)24)21-19(22)15-9-14-10-16(20)5-8-18(14)25-11-15/h3-10,12H,11H2,1-2H3,(H,21,22)/t12-/m0/s1. The van der Waals surface area contributed by atoms with E-state index in [1.54, 1.807) is 36.4 Å². The normalized spacial score (nSPS) is 14.7. The van der Waals surface area contributed by atoms with E-state index in [1.807, 2.05) is 6.92 Å². The molecule has 1 aliphatic heterocycles. The predicted molar refractivity (Wildman–Crippen MR) is 101 cm³/mol. The number of fused-ring (bicyclic) bond motifs is 1. The van der Waals surface area contributed by atoms with Crippen LogP contribution < -0.4 is 10.1 Å². The van der Waals surface area contributed by atoms with Crippen molar-refractivity contribution in [2.75, 3.05) is 12.9 Å². The largest absolute Gasteiger partial charge is 0.488 e. The van der Waals surface area contributed by atoms with Gasteiger partial charge in [-0.1, -0.05) is 23.7 Å². The number of nitrogens with one attached hydrogen (secondary N) is 1. The molecule has 1 amide bonds. The molecule has 1 atom stereocenters. The highest BCUT2D eigenvalue weighted by Gasteiger charge is 2.19. The van der Waals surface area contributed by atoms with E-state index in [-0.39, 0.29) is 23.5 Å². The molecule has 0 fully saturated rings. The van der Waals surface area contributed by atoms with Gasteiger partial charge in [0.2, 0.25) is 0 Å². The first-order valence-corrected chi connectivity index (χ1v) is 10.2. The van der Waals surface area contributed by atoms with Gasteiger partial charge in [-0.3, -0.25) is 4.79 Å². The quantitative estimate of drug-likeness (QED) is 0.867. The molecule has 1 heterocycles. The Labute approximate surface area is 157 Å². The van der Waals surface area contributed by atoms with E-state index in [9.17, 15) is 13.2 Å². The summed E-state index contributed by atoms with van der Waals surface area (Å²) in [6, 6.07) is 11.4. The number of sulfone groups is 1. The Kier molecular flexibility index (Phi) is 5.07. The van der Waals surface area contributed by atoms with Crippen molar-refractivity contribution in [1.29, 1.82) is 0 Å². The first kappa shape index (κ1) is 18.5. The highest BCUT2D eigenvalue weighted by molar-refractivity contribution is 7.90. The van der Waals surface area contributed by atoms with E-state index in [0.717, 1.165) is 17.4 Å². The fourth-order valence-corrected chi connectivity index (χ4v) is 3.47. The molecule has 136 valence electrons. The van der Waals surface area contributed by atoms with E-state index in [2.05, 4.69) is 5.32 Å². The van der Waals surface area contributed by atoms with Crippen molar-refractivity contribution in [3.8, 4) is 5.75 Å². The van der Waals surface area contributed by atoms with Crippen LogP contribution in [0.5, 0.6) is 5.75 Å². The van der Waals surface area contributed by atoms with Gasteiger partial charge in [-0.2, -0.15) is 0 Å². The lowest BCUT2D eigenvalue weighted by atomic mass is 10.1. The Morgan fingerprint density at radius 3 is 2.54 bits per heavy atom. The van der Waals surface area contributed by atoms with Crippen molar-refractivity contribution in [3.05, 3.63) is 64.2 Å². The van der Waals surface area contributed by atoms with Crippen LogP contribution in [0.4, 0.5) is 0 Å². The van der Waals surface area contributed by atoms with E-state index >= 15 is 0 Å². The molecule has 0 saturated carbocycles. The van der Waals surface area contributed by atoms with Gasteiger partial charge in [-0.25, -0.2) is 8.42 Å². The van der Waals surface area contributed by atoms with Crippen LogP contribution in [0.2, 0.25) is 5.02 Å². The fraction of sp³-hybridized carbons (Fsp3) is 0.211. The van der Waals surface area contributed by atoms with Crippen LogP contribution in [0, 0.1) is 0 Å². The SMILES string of the molecule is C[C@H](NC(=O)C1=Cc2cc(Cl)ccc2OC1)c1ccc(S(C)(=O)=O)cc1. The number of ether oxygens (including phenoxy) is 1. The van der Waals surface area contributed by atoms with E-state index in [0.29, 0.717) is 16.3 Å². The van der Waals surface area contributed by atoms with Crippen molar-refractivity contribution < 1.29 is 17.9 Å². The maximum absolute atomic E-state index is 12.5. The monoisotopic (exact) mass is 391 g/mol. The maximum atomic E-state index is 12.5. The number of rotatable bonds is 4. The number of carbonyl (C=O) groups is 1. The van der Waals surface area contributed by atoms with Crippen molar-refractivity contribution >= 4 is 33.4 Å². The Hall–Kier alpha value is -2.31. The Morgan fingerprint density at radius 2 is 1.88 bits per heavy atom. The molecule has 1 aliphatic rings. The second-order valence-electron chi connectivity index (χ2n) is 6.18. The summed E-state index contributed by atoms with van der Waals surface area (Å²) in [5, 5.41) is 3.47. The molecule has 3 rings (SSSR count). The van der Waals surface area contributed by atoms with Crippen molar-refractivity contribution in [1.82, 2.24) is 5.32 Å². The molecule has 26 heavy (non-hydrogen) atoms. The average molecular weight is 392 g/mol. The van der Waals surface area contributed by atoms with Gasteiger partial charge in [0, 0.05) is 16.8 Å². The van der Waals surface area contributed by atoms with Gasteiger partial charge in [-0.05, 0) is 48.9 Å². The van der Waals surface area contributed by atoms with Gasteiger partial charge in [0.05, 0.1) is 16.5 Å². The van der Waals surface area contributed by atoms with E-state index in [1.165, 1.54) is 12.1 Å². The molecule has 7 heteroatoms. The number of amides is 1. The van der Waals surface area contributed by atoms with Gasteiger partial charge in [0.15, 0.2) is 9.84 Å². The second kappa shape index (κ2) is 7.13. The van der Waals surface area contributed by atoms with Crippen LogP contribution in [0.1, 0.15) is 24.1 Å². The third-order valence-electron chi connectivity index (χ3n) is 4.13. The number of benzene rings is 2. The molecule has 0 unspecified atom stereocenters.